The summed E-state index contributed by atoms with van der Waals surface area (Å²) in [5.41, 5.74) is 1.62. The summed E-state index contributed by atoms with van der Waals surface area (Å²) in [6.45, 7) is 0. The molecule has 0 saturated heterocycles. The van der Waals surface area contributed by atoms with E-state index in [0.717, 1.165) is 5.56 Å². The van der Waals surface area contributed by atoms with Gasteiger partial charge in [0.05, 0.1) is 6.26 Å². The average molecular weight is 396 g/mol. The predicted molar refractivity (Wildman–Crippen MR) is 105 cm³/mol. The molecule has 0 aliphatic carbocycles. The third-order valence-electron chi connectivity index (χ3n) is 3.81. The van der Waals surface area contributed by atoms with Crippen LogP contribution in [0.3, 0.4) is 0 Å². The maximum atomic E-state index is 12.9. The van der Waals surface area contributed by atoms with Gasteiger partial charge < -0.3 is 4.42 Å². The molecule has 2 heterocycles. The molecule has 4 rings (SSSR count). The zero-order chi connectivity index (χ0) is 18.6. The van der Waals surface area contributed by atoms with E-state index < -0.39 is 0 Å². The largest absolute Gasteiger partial charge is 0.461 e. The zero-order valence-corrected chi connectivity index (χ0v) is 15.7. The Balaban J connectivity index is 1.67. The summed E-state index contributed by atoms with van der Waals surface area (Å²) in [5, 5.41) is 5.45. The minimum atomic E-state index is -0.271. The Bertz CT molecular complexity index is 1040. The Morgan fingerprint density at radius 3 is 2.52 bits per heavy atom. The fourth-order valence-electron chi connectivity index (χ4n) is 2.47. The first-order valence-electron chi connectivity index (χ1n) is 8.18. The monoisotopic (exact) mass is 395 g/mol. The fraction of sp³-hybridized carbons (Fsp3) is 0.0500. The summed E-state index contributed by atoms with van der Waals surface area (Å²) in [6.07, 6.45) is 1.55. The second-order valence-corrected chi connectivity index (χ2v) is 7.07. The molecule has 0 bridgehead atoms. The number of benzene rings is 2. The summed E-state index contributed by atoms with van der Waals surface area (Å²) in [7, 11) is 0. The second kappa shape index (κ2) is 7.82. The lowest BCUT2D eigenvalue weighted by atomic mass is 10.2. The maximum absolute atomic E-state index is 12.9. The Kier molecular flexibility index (Phi) is 5.09. The first-order chi connectivity index (χ1) is 13.2. The number of hydrogen-bond donors (Lipinski definition) is 0. The van der Waals surface area contributed by atoms with E-state index in [-0.39, 0.29) is 5.91 Å². The third kappa shape index (κ3) is 3.97. The lowest BCUT2D eigenvalue weighted by Crippen LogP contribution is -2.15. The van der Waals surface area contributed by atoms with Gasteiger partial charge >= 0.3 is 0 Å². The van der Waals surface area contributed by atoms with E-state index in [0.29, 0.717) is 33.1 Å². The van der Waals surface area contributed by atoms with E-state index in [1.165, 1.54) is 16.4 Å². The quantitative estimate of drug-likeness (QED) is 0.436. The molecule has 0 saturated carbocycles. The van der Waals surface area contributed by atoms with Crippen LogP contribution >= 0.6 is 23.4 Å². The van der Waals surface area contributed by atoms with Gasteiger partial charge in [0.15, 0.2) is 10.9 Å². The first kappa shape index (κ1) is 17.6. The van der Waals surface area contributed by atoms with E-state index in [9.17, 15) is 4.79 Å². The molecule has 0 radical (unpaired) electrons. The van der Waals surface area contributed by atoms with Crippen molar-refractivity contribution in [3.63, 3.8) is 0 Å². The van der Waals surface area contributed by atoms with Crippen molar-refractivity contribution in [2.24, 2.45) is 0 Å². The SMILES string of the molecule is O=C(c1ccc(Cl)cc1)n1nc(-c2ccco2)nc1SCc1ccccc1. The van der Waals surface area contributed by atoms with E-state index >= 15 is 0 Å². The Morgan fingerprint density at radius 2 is 1.81 bits per heavy atom. The molecule has 27 heavy (non-hydrogen) atoms. The van der Waals surface area contributed by atoms with Crippen molar-refractivity contribution < 1.29 is 9.21 Å². The molecule has 134 valence electrons. The van der Waals surface area contributed by atoms with Crippen LogP contribution in [0.1, 0.15) is 15.9 Å². The van der Waals surface area contributed by atoms with E-state index in [1.807, 2.05) is 30.3 Å². The molecular formula is C20H14ClN3O2S. The lowest BCUT2D eigenvalue weighted by Gasteiger charge is -2.05. The van der Waals surface area contributed by atoms with Gasteiger partial charge in [0.25, 0.3) is 5.91 Å². The van der Waals surface area contributed by atoms with Crippen LogP contribution < -0.4 is 0 Å². The molecule has 5 nitrogen and oxygen atoms in total. The smallest absolute Gasteiger partial charge is 0.280 e. The van der Waals surface area contributed by atoms with Gasteiger partial charge in [0.2, 0.25) is 5.82 Å². The molecule has 2 aromatic carbocycles. The molecule has 0 aliphatic heterocycles. The van der Waals surface area contributed by atoms with Crippen LogP contribution in [0.15, 0.2) is 82.6 Å². The number of carbonyl (C=O) groups is 1. The predicted octanol–water partition coefficient (Wildman–Crippen LogP) is 5.17. The summed E-state index contributed by atoms with van der Waals surface area (Å²) >= 11 is 7.37. The molecule has 2 aromatic heterocycles. The van der Waals surface area contributed by atoms with E-state index in [2.05, 4.69) is 10.1 Å². The Labute approximate surface area is 165 Å². The van der Waals surface area contributed by atoms with Gasteiger partial charge in [-0.1, -0.05) is 53.7 Å². The number of hydrogen-bond acceptors (Lipinski definition) is 5. The van der Waals surface area contributed by atoms with Gasteiger partial charge in [0, 0.05) is 16.3 Å². The number of rotatable bonds is 5. The van der Waals surface area contributed by atoms with Crippen molar-refractivity contribution in [2.45, 2.75) is 10.9 Å². The highest BCUT2D eigenvalue weighted by molar-refractivity contribution is 7.98. The van der Waals surface area contributed by atoms with Crippen molar-refractivity contribution >= 4 is 29.3 Å². The average Bonchev–Trinajstić information content (AvgIpc) is 3.37. The zero-order valence-electron chi connectivity index (χ0n) is 14.1. The van der Waals surface area contributed by atoms with Crippen molar-refractivity contribution in [1.82, 2.24) is 14.8 Å². The third-order valence-corrected chi connectivity index (χ3v) is 5.07. The van der Waals surface area contributed by atoms with Crippen LogP contribution in [0.2, 0.25) is 5.02 Å². The standard InChI is InChI=1S/C20H14ClN3O2S/c21-16-10-8-15(9-11-16)19(25)24-20(27-13-14-5-2-1-3-6-14)22-18(23-24)17-7-4-12-26-17/h1-12H,13H2. The summed E-state index contributed by atoms with van der Waals surface area (Å²) in [4.78, 5) is 17.5. The van der Waals surface area contributed by atoms with E-state index in [4.69, 9.17) is 16.0 Å². The summed E-state index contributed by atoms with van der Waals surface area (Å²) in [5.74, 6) is 1.29. The number of furan rings is 1. The van der Waals surface area contributed by atoms with Crippen LogP contribution in [-0.2, 0) is 5.75 Å². The Hall–Kier alpha value is -2.83. The minimum absolute atomic E-state index is 0.271. The van der Waals surface area contributed by atoms with Crippen LogP contribution in [-0.4, -0.2) is 20.7 Å². The van der Waals surface area contributed by atoms with Crippen LogP contribution in [0.4, 0.5) is 0 Å². The normalized spacial score (nSPS) is 10.9. The van der Waals surface area contributed by atoms with Gasteiger partial charge in [-0.2, -0.15) is 9.67 Å². The summed E-state index contributed by atoms with van der Waals surface area (Å²) in [6, 6.07) is 20.2. The van der Waals surface area contributed by atoms with Crippen molar-refractivity contribution in [1.29, 1.82) is 0 Å². The van der Waals surface area contributed by atoms with Gasteiger partial charge in [-0.15, -0.1) is 5.10 Å². The molecule has 0 fully saturated rings. The maximum Gasteiger partial charge on any atom is 0.280 e. The summed E-state index contributed by atoms with van der Waals surface area (Å²) < 4.78 is 6.69. The van der Waals surface area contributed by atoms with E-state index in [1.54, 1.807) is 42.7 Å². The van der Waals surface area contributed by atoms with Crippen molar-refractivity contribution in [3.05, 3.63) is 89.1 Å². The van der Waals surface area contributed by atoms with Gasteiger partial charge in [-0.05, 0) is 42.0 Å². The number of aromatic nitrogens is 3. The molecule has 0 amide bonds. The van der Waals surface area contributed by atoms with Gasteiger partial charge in [0.1, 0.15) is 0 Å². The fourth-order valence-corrected chi connectivity index (χ4v) is 3.48. The topological polar surface area (TPSA) is 60.9 Å². The number of halogens is 1. The highest BCUT2D eigenvalue weighted by Crippen LogP contribution is 2.26. The highest BCUT2D eigenvalue weighted by atomic mass is 35.5. The molecule has 0 unspecified atom stereocenters. The van der Waals surface area contributed by atoms with Crippen LogP contribution in [0.5, 0.6) is 0 Å². The molecule has 7 heteroatoms. The molecule has 4 aromatic rings. The molecule has 0 atom stereocenters. The molecule has 0 aliphatic rings. The minimum Gasteiger partial charge on any atom is -0.461 e. The van der Waals surface area contributed by atoms with Gasteiger partial charge in [-0.3, -0.25) is 4.79 Å². The first-order valence-corrected chi connectivity index (χ1v) is 9.55. The highest BCUT2D eigenvalue weighted by Gasteiger charge is 2.20. The molecule has 0 spiro atoms. The van der Waals surface area contributed by atoms with Crippen molar-refractivity contribution in [3.8, 4) is 11.6 Å². The lowest BCUT2D eigenvalue weighted by molar-refractivity contribution is 0.0933. The number of nitrogens with zero attached hydrogens (tertiary/aromatic N) is 3. The van der Waals surface area contributed by atoms with Crippen LogP contribution in [0.25, 0.3) is 11.6 Å². The Morgan fingerprint density at radius 1 is 1.04 bits per heavy atom. The molecular weight excluding hydrogens is 382 g/mol. The molecule has 0 N–H and O–H groups in total. The number of carbonyl (C=O) groups excluding carboxylic acids is 1. The van der Waals surface area contributed by atoms with Gasteiger partial charge in [-0.25, -0.2) is 0 Å². The van der Waals surface area contributed by atoms with Crippen LogP contribution in [0, 0.1) is 0 Å². The number of thioether (sulfide) groups is 1. The van der Waals surface area contributed by atoms with Crippen molar-refractivity contribution in [2.75, 3.05) is 0 Å². The second-order valence-electron chi connectivity index (χ2n) is 5.69.